The van der Waals surface area contributed by atoms with Crippen molar-refractivity contribution < 1.29 is 22.4 Å². The topological polar surface area (TPSA) is 111 Å². The van der Waals surface area contributed by atoms with Crippen molar-refractivity contribution in [1.82, 2.24) is 8.87 Å². The lowest BCUT2D eigenvalue weighted by Crippen LogP contribution is -2.49. The van der Waals surface area contributed by atoms with Gasteiger partial charge in [-0.3, -0.25) is 9.59 Å². The highest BCUT2D eigenvalue weighted by molar-refractivity contribution is 7.89. The maximum Gasteiger partial charge on any atom is 0.291 e. The highest BCUT2D eigenvalue weighted by Crippen LogP contribution is 2.40. The van der Waals surface area contributed by atoms with E-state index in [-0.39, 0.29) is 34.6 Å². The largest absolute Gasteiger partial charge is 0.497 e. The van der Waals surface area contributed by atoms with Crippen LogP contribution in [0.1, 0.15) is 28.6 Å². The maximum atomic E-state index is 13.3. The molecule has 0 spiro atoms. The molecule has 0 aliphatic carbocycles. The SMILES string of the molecule is COc1ccc(S(=O)(=O)N2C[C@H]3C[C@H](C2)c2c(NC(=O)c4ccco4)ccc(=O)n2C3)cc1. The van der Waals surface area contributed by atoms with E-state index in [2.05, 4.69) is 5.32 Å². The van der Waals surface area contributed by atoms with E-state index in [9.17, 15) is 18.0 Å². The number of benzene rings is 1. The summed E-state index contributed by atoms with van der Waals surface area (Å²) in [5, 5.41) is 2.83. The molecule has 2 atom stereocenters. The molecule has 1 aromatic carbocycles. The van der Waals surface area contributed by atoms with Gasteiger partial charge in [-0.1, -0.05) is 0 Å². The molecule has 33 heavy (non-hydrogen) atoms. The monoisotopic (exact) mass is 469 g/mol. The number of carbonyl (C=O) groups excluding carboxylic acids is 1. The zero-order valence-electron chi connectivity index (χ0n) is 17.9. The van der Waals surface area contributed by atoms with E-state index >= 15 is 0 Å². The number of piperidine rings is 1. The Morgan fingerprint density at radius 1 is 1.09 bits per heavy atom. The number of anilines is 1. The van der Waals surface area contributed by atoms with Crippen molar-refractivity contribution in [3.05, 3.63) is 76.6 Å². The van der Waals surface area contributed by atoms with Gasteiger partial charge in [0.2, 0.25) is 10.0 Å². The fourth-order valence-corrected chi connectivity index (χ4v) is 6.32. The van der Waals surface area contributed by atoms with E-state index in [0.29, 0.717) is 30.2 Å². The van der Waals surface area contributed by atoms with Gasteiger partial charge in [0.25, 0.3) is 11.5 Å². The second-order valence-electron chi connectivity index (χ2n) is 8.31. The summed E-state index contributed by atoms with van der Waals surface area (Å²) in [5.74, 6) is 0.0714. The number of aromatic nitrogens is 1. The van der Waals surface area contributed by atoms with Crippen molar-refractivity contribution in [3.63, 3.8) is 0 Å². The summed E-state index contributed by atoms with van der Waals surface area (Å²) >= 11 is 0. The Morgan fingerprint density at radius 3 is 2.58 bits per heavy atom. The van der Waals surface area contributed by atoms with Crippen molar-refractivity contribution in [2.45, 2.75) is 23.8 Å². The number of ether oxygens (including phenoxy) is 1. The predicted molar refractivity (Wildman–Crippen MR) is 120 cm³/mol. The predicted octanol–water partition coefficient (Wildman–Crippen LogP) is 2.51. The van der Waals surface area contributed by atoms with Crippen LogP contribution in [-0.2, 0) is 16.6 Å². The number of furan rings is 1. The molecule has 2 bridgehead atoms. The molecule has 4 heterocycles. The van der Waals surface area contributed by atoms with Gasteiger partial charge in [0, 0.05) is 37.3 Å². The Hall–Kier alpha value is -3.37. The van der Waals surface area contributed by atoms with Crippen molar-refractivity contribution in [2.24, 2.45) is 5.92 Å². The number of rotatable bonds is 5. The van der Waals surface area contributed by atoms with Crippen LogP contribution < -0.4 is 15.6 Å². The van der Waals surface area contributed by atoms with Crippen LogP contribution in [0.3, 0.4) is 0 Å². The number of amides is 1. The van der Waals surface area contributed by atoms with Gasteiger partial charge in [-0.25, -0.2) is 8.42 Å². The second-order valence-corrected chi connectivity index (χ2v) is 10.2. The molecule has 3 aromatic rings. The molecule has 1 saturated heterocycles. The molecule has 0 saturated carbocycles. The minimum absolute atomic E-state index is 0.00185. The lowest BCUT2D eigenvalue weighted by atomic mass is 9.83. The molecule has 172 valence electrons. The fourth-order valence-electron chi connectivity index (χ4n) is 4.76. The molecule has 2 aromatic heterocycles. The van der Waals surface area contributed by atoms with Crippen LogP contribution in [-0.4, -0.2) is 43.4 Å². The first-order chi connectivity index (χ1) is 15.9. The molecule has 2 aliphatic heterocycles. The van der Waals surface area contributed by atoms with Crippen molar-refractivity contribution in [1.29, 1.82) is 0 Å². The molecular formula is C23H23N3O6S. The Bertz CT molecular complexity index is 1350. The summed E-state index contributed by atoms with van der Waals surface area (Å²) < 4.78 is 40.1. The number of hydrogen-bond donors (Lipinski definition) is 1. The standard InChI is InChI=1S/C23H23N3O6S/c1-31-17-4-6-18(7-5-17)33(29,30)25-12-15-11-16(14-25)22-19(8-9-21(27)26(22)13-15)24-23(28)20-3-2-10-32-20/h2-10,15-16H,11-14H2,1H3,(H,24,28)/t15-,16-/m1/s1. The summed E-state index contributed by atoms with van der Waals surface area (Å²) in [6.45, 7) is 0.946. The van der Waals surface area contributed by atoms with Crippen LogP contribution in [0, 0.1) is 5.92 Å². The molecule has 9 nitrogen and oxygen atoms in total. The van der Waals surface area contributed by atoms with Gasteiger partial charge >= 0.3 is 0 Å². The number of nitrogens with zero attached hydrogens (tertiary/aromatic N) is 2. The lowest BCUT2D eigenvalue weighted by Gasteiger charge is -2.42. The van der Waals surface area contributed by atoms with Crippen molar-refractivity contribution >= 4 is 21.6 Å². The van der Waals surface area contributed by atoms with Crippen LogP contribution in [0.2, 0.25) is 0 Å². The third kappa shape index (κ3) is 3.85. The lowest BCUT2D eigenvalue weighted by molar-refractivity contribution is 0.0996. The first-order valence-electron chi connectivity index (χ1n) is 10.6. The smallest absolute Gasteiger partial charge is 0.291 e. The molecule has 1 N–H and O–H groups in total. The zero-order valence-corrected chi connectivity index (χ0v) is 18.7. The average molecular weight is 470 g/mol. The van der Waals surface area contributed by atoms with E-state index in [4.69, 9.17) is 9.15 Å². The van der Waals surface area contributed by atoms with Crippen LogP contribution in [0.25, 0.3) is 0 Å². The van der Waals surface area contributed by atoms with Crippen LogP contribution in [0.5, 0.6) is 5.75 Å². The minimum atomic E-state index is -3.73. The summed E-state index contributed by atoms with van der Waals surface area (Å²) in [5.41, 5.74) is 0.971. The highest BCUT2D eigenvalue weighted by atomic mass is 32.2. The summed E-state index contributed by atoms with van der Waals surface area (Å²) in [6, 6.07) is 12.5. The van der Waals surface area contributed by atoms with Gasteiger partial charge in [0.15, 0.2) is 5.76 Å². The van der Waals surface area contributed by atoms with E-state index in [1.54, 1.807) is 34.9 Å². The van der Waals surface area contributed by atoms with Gasteiger partial charge in [-0.2, -0.15) is 4.31 Å². The maximum absolute atomic E-state index is 13.3. The minimum Gasteiger partial charge on any atom is -0.497 e. The molecule has 1 fully saturated rings. The highest BCUT2D eigenvalue weighted by Gasteiger charge is 2.40. The van der Waals surface area contributed by atoms with Crippen LogP contribution >= 0.6 is 0 Å². The average Bonchev–Trinajstić information content (AvgIpc) is 3.36. The van der Waals surface area contributed by atoms with E-state index in [0.717, 1.165) is 6.42 Å². The van der Waals surface area contributed by atoms with Gasteiger partial charge in [0.1, 0.15) is 5.75 Å². The number of methoxy groups -OCH3 is 1. The number of nitrogens with one attached hydrogen (secondary N) is 1. The van der Waals surface area contributed by atoms with Crippen LogP contribution in [0.15, 0.2) is 68.9 Å². The third-order valence-corrected chi connectivity index (χ3v) is 8.09. The van der Waals surface area contributed by atoms with E-state index in [1.807, 2.05) is 0 Å². The first-order valence-corrected chi connectivity index (χ1v) is 12.0. The molecule has 5 rings (SSSR count). The van der Waals surface area contributed by atoms with Gasteiger partial charge < -0.3 is 19.0 Å². The molecule has 1 amide bonds. The number of sulfonamides is 1. The third-order valence-electron chi connectivity index (χ3n) is 6.25. The number of pyridine rings is 1. The van der Waals surface area contributed by atoms with Gasteiger partial charge in [0.05, 0.1) is 24.0 Å². The molecule has 0 unspecified atom stereocenters. The summed E-state index contributed by atoms with van der Waals surface area (Å²) in [6.07, 6.45) is 2.15. The summed E-state index contributed by atoms with van der Waals surface area (Å²) in [7, 11) is -2.20. The van der Waals surface area contributed by atoms with Gasteiger partial charge in [-0.15, -0.1) is 0 Å². The molecule has 0 radical (unpaired) electrons. The Labute approximate surface area is 190 Å². The second kappa shape index (κ2) is 8.20. The number of fused-ring (bicyclic) bond motifs is 4. The fraction of sp³-hybridized carbons (Fsp3) is 0.304. The number of carbonyl (C=O) groups is 1. The normalized spacial score (nSPS) is 20.2. The Balaban J connectivity index is 1.47. The van der Waals surface area contributed by atoms with Gasteiger partial charge in [-0.05, 0) is 54.8 Å². The van der Waals surface area contributed by atoms with Crippen molar-refractivity contribution in [2.75, 3.05) is 25.5 Å². The molecular weight excluding hydrogens is 446 g/mol. The quantitative estimate of drug-likeness (QED) is 0.615. The molecule has 10 heteroatoms. The van der Waals surface area contributed by atoms with E-state index in [1.165, 1.54) is 35.9 Å². The number of hydrogen-bond acceptors (Lipinski definition) is 6. The van der Waals surface area contributed by atoms with Crippen LogP contribution in [0.4, 0.5) is 5.69 Å². The van der Waals surface area contributed by atoms with Crippen molar-refractivity contribution in [3.8, 4) is 5.75 Å². The Kier molecular flexibility index (Phi) is 5.34. The Morgan fingerprint density at radius 2 is 1.88 bits per heavy atom. The summed E-state index contributed by atoms with van der Waals surface area (Å²) in [4.78, 5) is 25.4. The first kappa shape index (κ1) is 21.5. The van der Waals surface area contributed by atoms with E-state index < -0.39 is 15.9 Å². The molecule has 2 aliphatic rings. The zero-order chi connectivity index (χ0) is 23.2.